The van der Waals surface area contributed by atoms with Crippen LogP contribution in [-0.2, 0) is 18.4 Å². The number of rotatable bonds is 4. The molecule has 134 valence electrons. The molecule has 1 saturated heterocycles. The van der Waals surface area contributed by atoms with Crippen molar-refractivity contribution in [3.8, 4) is 0 Å². The highest BCUT2D eigenvalue weighted by molar-refractivity contribution is 5.76. The highest BCUT2D eigenvalue weighted by Crippen LogP contribution is 2.21. The number of amides is 1. The molecule has 0 spiro atoms. The summed E-state index contributed by atoms with van der Waals surface area (Å²) in [6.45, 7) is 10.4. The maximum Gasteiger partial charge on any atom is 0.254 e. The van der Waals surface area contributed by atoms with Crippen molar-refractivity contribution < 1.29 is 4.79 Å². The van der Waals surface area contributed by atoms with Crippen molar-refractivity contribution in [2.45, 2.75) is 59.5 Å². The van der Waals surface area contributed by atoms with E-state index in [1.807, 2.05) is 24.0 Å². The quantitative estimate of drug-likeness (QED) is 0.919. The molecule has 1 aliphatic rings. The van der Waals surface area contributed by atoms with Gasteiger partial charge in [0.1, 0.15) is 0 Å². The molecule has 0 aromatic carbocycles. The van der Waals surface area contributed by atoms with Crippen molar-refractivity contribution >= 4 is 5.91 Å². The Hall–Kier alpha value is -1.62. The van der Waals surface area contributed by atoms with Crippen molar-refractivity contribution in [2.75, 3.05) is 13.1 Å². The van der Waals surface area contributed by atoms with E-state index in [-0.39, 0.29) is 16.9 Å². The molecular weight excluding hydrogens is 302 g/mol. The van der Waals surface area contributed by atoms with Gasteiger partial charge in [0.15, 0.2) is 0 Å². The van der Waals surface area contributed by atoms with Crippen molar-refractivity contribution in [3.05, 3.63) is 33.7 Å². The third-order valence-corrected chi connectivity index (χ3v) is 4.74. The van der Waals surface area contributed by atoms with E-state index in [4.69, 9.17) is 0 Å². The zero-order valence-corrected chi connectivity index (χ0v) is 15.7. The Kier molecular flexibility index (Phi) is 5.86. The number of pyridine rings is 1. The van der Waals surface area contributed by atoms with E-state index >= 15 is 0 Å². The average Bonchev–Trinajstić information content (AvgIpc) is 2.51. The first-order chi connectivity index (χ1) is 11.2. The molecule has 0 bridgehead atoms. The van der Waals surface area contributed by atoms with E-state index in [0.29, 0.717) is 19.0 Å². The van der Waals surface area contributed by atoms with Crippen molar-refractivity contribution in [2.24, 2.45) is 12.5 Å². The molecule has 2 rings (SSSR count). The lowest BCUT2D eigenvalue weighted by atomic mass is 9.91. The average molecular weight is 333 g/mol. The van der Waals surface area contributed by atoms with Gasteiger partial charge in [-0.1, -0.05) is 26.8 Å². The van der Waals surface area contributed by atoms with Crippen LogP contribution in [0.3, 0.4) is 0 Å². The summed E-state index contributed by atoms with van der Waals surface area (Å²) in [5.41, 5.74) is 1.88. The SMILES string of the molecule is Cc1ccc(CNC2CCN(C(=O)CC(C)(C)C)CC2)c(=O)n1C. The van der Waals surface area contributed by atoms with Gasteiger partial charge in [0.2, 0.25) is 5.91 Å². The van der Waals surface area contributed by atoms with Gasteiger partial charge in [-0.25, -0.2) is 0 Å². The number of nitrogens with one attached hydrogen (secondary N) is 1. The molecule has 0 atom stereocenters. The molecule has 0 saturated carbocycles. The zero-order valence-electron chi connectivity index (χ0n) is 15.7. The highest BCUT2D eigenvalue weighted by Gasteiger charge is 2.25. The molecule has 1 N–H and O–H groups in total. The Balaban J connectivity index is 1.83. The minimum atomic E-state index is 0.0394. The second kappa shape index (κ2) is 7.51. The topological polar surface area (TPSA) is 54.3 Å². The molecule has 0 aliphatic carbocycles. The summed E-state index contributed by atoms with van der Waals surface area (Å²) in [6, 6.07) is 4.26. The molecule has 1 amide bonds. The molecule has 0 radical (unpaired) electrons. The maximum atomic E-state index is 12.3. The summed E-state index contributed by atoms with van der Waals surface area (Å²) in [5, 5.41) is 3.48. The number of hydrogen-bond acceptors (Lipinski definition) is 3. The molecule has 24 heavy (non-hydrogen) atoms. The van der Waals surface area contributed by atoms with Gasteiger partial charge in [-0.2, -0.15) is 0 Å². The number of nitrogens with zero attached hydrogens (tertiary/aromatic N) is 2. The minimum absolute atomic E-state index is 0.0394. The fourth-order valence-electron chi connectivity index (χ4n) is 3.07. The van der Waals surface area contributed by atoms with Crippen LogP contribution in [0.5, 0.6) is 0 Å². The lowest BCUT2D eigenvalue weighted by Gasteiger charge is -2.34. The molecule has 1 aromatic rings. The first-order valence-electron chi connectivity index (χ1n) is 8.84. The molecule has 5 heteroatoms. The molecule has 1 fully saturated rings. The van der Waals surface area contributed by atoms with Crippen LogP contribution in [0.2, 0.25) is 0 Å². The van der Waals surface area contributed by atoms with E-state index < -0.39 is 0 Å². The van der Waals surface area contributed by atoms with Gasteiger partial charge in [-0.3, -0.25) is 9.59 Å². The van der Waals surface area contributed by atoms with E-state index in [1.54, 1.807) is 11.6 Å². The predicted molar refractivity (Wildman–Crippen MR) is 96.9 cm³/mol. The molecule has 1 aromatic heterocycles. The standard InChI is InChI=1S/C19H31N3O2/c1-14-6-7-15(18(24)21(14)5)13-20-16-8-10-22(11-9-16)17(23)12-19(2,3)4/h6-7,16,20H,8-13H2,1-5H3. The van der Waals surface area contributed by atoms with E-state index in [1.165, 1.54) is 0 Å². The van der Waals surface area contributed by atoms with Gasteiger partial charge in [0.05, 0.1) is 0 Å². The fraction of sp³-hybridized carbons (Fsp3) is 0.684. The summed E-state index contributed by atoms with van der Waals surface area (Å²) < 4.78 is 1.69. The van der Waals surface area contributed by atoms with Crippen LogP contribution in [0.25, 0.3) is 0 Å². The smallest absolute Gasteiger partial charge is 0.254 e. The first-order valence-corrected chi connectivity index (χ1v) is 8.84. The number of hydrogen-bond donors (Lipinski definition) is 1. The van der Waals surface area contributed by atoms with E-state index in [9.17, 15) is 9.59 Å². The second-order valence-electron chi connectivity index (χ2n) is 8.14. The van der Waals surface area contributed by atoms with Crippen molar-refractivity contribution in [3.63, 3.8) is 0 Å². The van der Waals surface area contributed by atoms with Gasteiger partial charge in [-0.15, -0.1) is 0 Å². The normalized spacial score (nSPS) is 16.5. The van der Waals surface area contributed by atoms with Gasteiger partial charge >= 0.3 is 0 Å². The number of piperidine rings is 1. The number of aryl methyl sites for hydroxylation is 1. The third-order valence-electron chi connectivity index (χ3n) is 4.74. The van der Waals surface area contributed by atoms with E-state index in [0.717, 1.165) is 37.2 Å². The number of carbonyl (C=O) groups excluding carboxylic acids is 1. The van der Waals surface area contributed by atoms with Crippen LogP contribution in [0.15, 0.2) is 16.9 Å². The Morgan fingerprint density at radius 3 is 2.46 bits per heavy atom. The van der Waals surface area contributed by atoms with Gasteiger partial charge in [-0.05, 0) is 31.2 Å². The molecule has 5 nitrogen and oxygen atoms in total. The lowest BCUT2D eigenvalue weighted by molar-refractivity contribution is -0.134. The maximum absolute atomic E-state index is 12.3. The Morgan fingerprint density at radius 2 is 1.88 bits per heavy atom. The second-order valence-corrected chi connectivity index (χ2v) is 8.14. The fourth-order valence-corrected chi connectivity index (χ4v) is 3.07. The third kappa shape index (κ3) is 4.94. The summed E-state index contributed by atoms with van der Waals surface area (Å²) in [5.74, 6) is 0.258. The summed E-state index contributed by atoms with van der Waals surface area (Å²) >= 11 is 0. The van der Waals surface area contributed by atoms with Crippen LogP contribution in [0.4, 0.5) is 0 Å². The summed E-state index contributed by atoms with van der Waals surface area (Å²) in [4.78, 5) is 26.5. The van der Waals surface area contributed by atoms with Gasteiger partial charge in [0.25, 0.3) is 5.56 Å². The first kappa shape index (κ1) is 18.7. The molecule has 1 aliphatic heterocycles. The molecule has 0 unspecified atom stereocenters. The molecular formula is C19H31N3O2. The molecule has 2 heterocycles. The van der Waals surface area contributed by atoms with Crippen molar-refractivity contribution in [1.82, 2.24) is 14.8 Å². The number of likely N-dealkylation sites (tertiary alicyclic amines) is 1. The number of carbonyl (C=O) groups is 1. The summed E-state index contributed by atoms with van der Waals surface area (Å²) in [7, 11) is 1.81. The predicted octanol–water partition coefficient (Wildman–Crippen LogP) is 2.21. The minimum Gasteiger partial charge on any atom is -0.343 e. The van der Waals surface area contributed by atoms with Gasteiger partial charge < -0.3 is 14.8 Å². The van der Waals surface area contributed by atoms with E-state index in [2.05, 4.69) is 26.1 Å². The van der Waals surface area contributed by atoms with Crippen LogP contribution >= 0.6 is 0 Å². The Labute approximate surface area is 145 Å². The van der Waals surface area contributed by atoms with Gasteiger partial charge in [0, 0.05) is 50.4 Å². The Bertz CT molecular complexity index is 635. The van der Waals surface area contributed by atoms with Crippen LogP contribution in [-0.4, -0.2) is 34.5 Å². The van der Waals surface area contributed by atoms with Crippen LogP contribution < -0.4 is 10.9 Å². The zero-order chi connectivity index (χ0) is 17.9. The Morgan fingerprint density at radius 1 is 1.25 bits per heavy atom. The lowest BCUT2D eigenvalue weighted by Crippen LogP contribution is -2.45. The van der Waals surface area contributed by atoms with Crippen LogP contribution in [0, 0.1) is 12.3 Å². The van der Waals surface area contributed by atoms with Crippen molar-refractivity contribution in [1.29, 1.82) is 0 Å². The summed E-state index contributed by atoms with van der Waals surface area (Å²) in [6.07, 6.45) is 2.49. The van der Waals surface area contributed by atoms with Crippen LogP contribution in [0.1, 0.15) is 51.3 Å². The number of aromatic nitrogens is 1. The highest BCUT2D eigenvalue weighted by atomic mass is 16.2. The monoisotopic (exact) mass is 333 g/mol. The largest absolute Gasteiger partial charge is 0.343 e.